The van der Waals surface area contributed by atoms with E-state index in [9.17, 15) is 0 Å². The van der Waals surface area contributed by atoms with Crippen LogP contribution in [0.1, 0.15) is 32.8 Å². The van der Waals surface area contributed by atoms with Crippen molar-refractivity contribution in [1.29, 1.82) is 0 Å². The first kappa shape index (κ1) is 14.0. The van der Waals surface area contributed by atoms with E-state index in [2.05, 4.69) is 54.7 Å². The predicted molar refractivity (Wildman–Crippen MR) is 89.0 cm³/mol. The fourth-order valence-electron chi connectivity index (χ4n) is 2.83. The number of aryl methyl sites for hydroxylation is 1. The van der Waals surface area contributed by atoms with Gasteiger partial charge in [-0.25, -0.2) is 0 Å². The molecular formula is C19H23NO. The third kappa shape index (κ3) is 3.21. The van der Waals surface area contributed by atoms with E-state index in [0.717, 1.165) is 12.2 Å². The highest BCUT2D eigenvalue weighted by molar-refractivity contribution is 5.69. The smallest absolute Gasteiger partial charge is 0.119 e. The van der Waals surface area contributed by atoms with Crippen molar-refractivity contribution in [2.45, 2.75) is 45.8 Å². The Morgan fingerprint density at radius 2 is 1.76 bits per heavy atom. The second-order valence-electron chi connectivity index (χ2n) is 6.15. The second kappa shape index (κ2) is 5.80. The Morgan fingerprint density at radius 3 is 2.48 bits per heavy atom. The Bertz CT molecular complexity index is 616. The minimum atomic E-state index is 0.215. The van der Waals surface area contributed by atoms with Crippen LogP contribution in [0, 0.1) is 0 Å². The molecule has 0 aromatic heterocycles. The van der Waals surface area contributed by atoms with Crippen molar-refractivity contribution in [3.8, 4) is 16.9 Å². The van der Waals surface area contributed by atoms with E-state index in [-0.39, 0.29) is 6.10 Å². The van der Waals surface area contributed by atoms with Crippen molar-refractivity contribution in [2.75, 3.05) is 5.32 Å². The van der Waals surface area contributed by atoms with Crippen LogP contribution in [0.15, 0.2) is 42.5 Å². The van der Waals surface area contributed by atoms with Crippen molar-refractivity contribution in [3.63, 3.8) is 0 Å². The first-order chi connectivity index (χ1) is 10.1. The maximum Gasteiger partial charge on any atom is 0.119 e. The van der Waals surface area contributed by atoms with Gasteiger partial charge in [-0.3, -0.25) is 0 Å². The molecule has 2 aromatic rings. The molecule has 2 heteroatoms. The molecule has 2 nitrogen and oxygen atoms in total. The van der Waals surface area contributed by atoms with E-state index in [4.69, 9.17) is 4.74 Å². The summed E-state index contributed by atoms with van der Waals surface area (Å²) < 4.78 is 5.70. The lowest BCUT2D eigenvalue weighted by Gasteiger charge is -2.24. The summed E-state index contributed by atoms with van der Waals surface area (Å²) in [5, 5.41) is 3.55. The van der Waals surface area contributed by atoms with Gasteiger partial charge in [-0.05, 0) is 74.6 Å². The average Bonchev–Trinajstić information content (AvgIpc) is 2.47. The normalized spacial score (nSPS) is 17.2. The topological polar surface area (TPSA) is 21.3 Å². The summed E-state index contributed by atoms with van der Waals surface area (Å²) in [6, 6.07) is 15.7. The molecule has 0 amide bonds. The highest BCUT2D eigenvalue weighted by Crippen LogP contribution is 2.30. The number of ether oxygens (including phenoxy) is 1. The molecule has 1 aliphatic rings. The molecule has 110 valence electrons. The third-order valence-electron chi connectivity index (χ3n) is 3.91. The van der Waals surface area contributed by atoms with Crippen molar-refractivity contribution in [3.05, 3.63) is 48.0 Å². The molecule has 1 N–H and O–H groups in total. The van der Waals surface area contributed by atoms with Gasteiger partial charge in [-0.2, -0.15) is 0 Å². The lowest BCUT2D eigenvalue weighted by atomic mass is 9.95. The second-order valence-corrected chi connectivity index (χ2v) is 6.15. The Labute approximate surface area is 127 Å². The molecule has 0 spiro atoms. The van der Waals surface area contributed by atoms with Crippen molar-refractivity contribution >= 4 is 5.69 Å². The van der Waals surface area contributed by atoms with Gasteiger partial charge in [0, 0.05) is 11.7 Å². The van der Waals surface area contributed by atoms with Crippen LogP contribution >= 0.6 is 0 Å². The Balaban J connectivity index is 1.84. The monoisotopic (exact) mass is 281 g/mol. The number of hydrogen-bond donors (Lipinski definition) is 1. The van der Waals surface area contributed by atoms with Gasteiger partial charge in [0.25, 0.3) is 0 Å². The maximum absolute atomic E-state index is 5.70. The van der Waals surface area contributed by atoms with Gasteiger partial charge >= 0.3 is 0 Å². The van der Waals surface area contributed by atoms with E-state index in [0.29, 0.717) is 6.04 Å². The summed E-state index contributed by atoms with van der Waals surface area (Å²) >= 11 is 0. The number of anilines is 1. The maximum atomic E-state index is 5.70. The molecule has 1 heterocycles. The van der Waals surface area contributed by atoms with Crippen molar-refractivity contribution in [2.24, 2.45) is 0 Å². The average molecular weight is 281 g/mol. The molecule has 0 aliphatic carbocycles. The zero-order chi connectivity index (χ0) is 14.8. The molecule has 0 fully saturated rings. The molecule has 0 bridgehead atoms. The van der Waals surface area contributed by atoms with Crippen molar-refractivity contribution in [1.82, 2.24) is 0 Å². The summed E-state index contributed by atoms with van der Waals surface area (Å²) in [6.07, 6.45) is 2.58. The van der Waals surface area contributed by atoms with E-state index in [1.807, 2.05) is 13.8 Å². The van der Waals surface area contributed by atoms with Crippen LogP contribution in [0.25, 0.3) is 11.1 Å². The molecule has 1 unspecified atom stereocenters. The van der Waals surface area contributed by atoms with Gasteiger partial charge in [0.1, 0.15) is 5.75 Å². The van der Waals surface area contributed by atoms with E-state index in [1.54, 1.807) is 0 Å². The summed E-state index contributed by atoms with van der Waals surface area (Å²) in [6.45, 7) is 6.33. The minimum Gasteiger partial charge on any atom is -0.491 e. The standard InChI is InChI=1S/C19H23NO/c1-13(2)21-18-9-6-15(7-10-18)16-8-11-19-17(12-16)5-4-14(3)20-19/h6-14,20H,4-5H2,1-3H3. The molecule has 1 atom stereocenters. The largest absolute Gasteiger partial charge is 0.491 e. The van der Waals surface area contributed by atoms with Gasteiger partial charge in [-0.1, -0.05) is 18.2 Å². The van der Waals surface area contributed by atoms with Gasteiger partial charge < -0.3 is 10.1 Å². The molecule has 1 aliphatic heterocycles. The summed E-state index contributed by atoms with van der Waals surface area (Å²) in [4.78, 5) is 0. The Morgan fingerprint density at radius 1 is 1.05 bits per heavy atom. The van der Waals surface area contributed by atoms with Gasteiger partial charge in [0.2, 0.25) is 0 Å². The molecule has 0 saturated carbocycles. The van der Waals surface area contributed by atoms with E-state index in [1.165, 1.54) is 28.8 Å². The number of rotatable bonds is 3. The van der Waals surface area contributed by atoms with Gasteiger partial charge in [0.15, 0.2) is 0 Å². The summed E-state index contributed by atoms with van der Waals surface area (Å²) in [5.74, 6) is 0.933. The first-order valence-electron chi connectivity index (χ1n) is 7.78. The molecule has 3 rings (SSSR count). The highest BCUT2D eigenvalue weighted by Gasteiger charge is 2.14. The van der Waals surface area contributed by atoms with Crippen LogP contribution in [0.5, 0.6) is 5.75 Å². The lowest BCUT2D eigenvalue weighted by molar-refractivity contribution is 0.242. The molecule has 0 radical (unpaired) electrons. The van der Waals surface area contributed by atoms with E-state index >= 15 is 0 Å². The van der Waals surface area contributed by atoms with E-state index < -0.39 is 0 Å². The molecular weight excluding hydrogens is 258 g/mol. The number of nitrogens with one attached hydrogen (secondary N) is 1. The van der Waals surface area contributed by atoms with Crippen LogP contribution in [0.3, 0.4) is 0 Å². The van der Waals surface area contributed by atoms with Gasteiger partial charge in [0.05, 0.1) is 6.10 Å². The SMILES string of the molecule is CC1CCc2cc(-c3ccc(OC(C)C)cc3)ccc2N1. The van der Waals surface area contributed by atoms with Crippen LogP contribution < -0.4 is 10.1 Å². The highest BCUT2D eigenvalue weighted by atomic mass is 16.5. The van der Waals surface area contributed by atoms with Crippen LogP contribution in [-0.2, 0) is 6.42 Å². The first-order valence-corrected chi connectivity index (χ1v) is 7.78. The van der Waals surface area contributed by atoms with Crippen molar-refractivity contribution < 1.29 is 4.74 Å². The predicted octanol–water partition coefficient (Wildman–Crippen LogP) is 4.89. The minimum absolute atomic E-state index is 0.215. The van der Waals surface area contributed by atoms with Crippen LogP contribution in [-0.4, -0.2) is 12.1 Å². The van der Waals surface area contributed by atoms with Crippen LogP contribution in [0.2, 0.25) is 0 Å². The van der Waals surface area contributed by atoms with Crippen LogP contribution in [0.4, 0.5) is 5.69 Å². The lowest BCUT2D eigenvalue weighted by Crippen LogP contribution is -2.21. The molecule has 2 aromatic carbocycles. The fraction of sp³-hybridized carbons (Fsp3) is 0.368. The zero-order valence-electron chi connectivity index (χ0n) is 13.0. The molecule has 21 heavy (non-hydrogen) atoms. The number of hydrogen-bond acceptors (Lipinski definition) is 2. The number of fused-ring (bicyclic) bond motifs is 1. The molecule has 0 saturated heterocycles. The zero-order valence-corrected chi connectivity index (χ0v) is 13.0. The Kier molecular flexibility index (Phi) is 3.87. The summed E-state index contributed by atoms with van der Waals surface area (Å²) in [7, 11) is 0. The Hall–Kier alpha value is -1.96. The fourth-order valence-corrected chi connectivity index (χ4v) is 2.83. The van der Waals surface area contributed by atoms with Gasteiger partial charge in [-0.15, -0.1) is 0 Å². The quantitative estimate of drug-likeness (QED) is 0.865. The summed E-state index contributed by atoms with van der Waals surface area (Å²) in [5.41, 5.74) is 5.24. The number of benzene rings is 2. The third-order valence-corrected chi connectivity index (χ3v) is 3.91.